The molecule has 6 heteroatoms. The van der Waals surface area contributed by atoms with Gasteiger partial charge >= 0.3 is 0 Å². The third kappa shape index (κ3) is 5.55. The summed E-state index contributed by atoms with van der Waals surface area (Å²) in [7, 11) is 0. The molecule has 1 aromatic heterocycles. The summed E-state index contributed by atoms with van der Waals surface area (Å²) in [6.07, 6.45) is 3.35. The number of nitrogens with zero attached hydrogens (tertiary/aromatic N) is 2. The van der Waals surface area contributed by atoms with E-state index in [4.69, 9.17) is 0 Å². The number of para-hydroxylation sites is 1. The number of hydrogen-bond acceptors (Lipinski definition) is 4. The maximum Gasteiger partial charge on any atom is 0.298 e. The number of thiazole rings is 1. The van der Waals surface area contributed by atoms with E-state index in [-0.39, 0.29) is 17.7 Å². The molecule has 0 atom stereocenters. The summed E-state index contributed by atoms with van der Waals surface area (Å²) in [5.41, 5.74) is 4.54. The highest BCUT2D eigenvalue weighted by atomic mass is 32.1. The van der Waals surface area contributed by atoms with Crippen LogP contribution >= 0.6 is 11.3 Å². The summed E-state index contributed by atoms with van der Waals surface area (Å²) in [6.45, 7) is 5.42. The number of benzene rings is 2. The van der Waals surface area contributed by atoms with Crippen molar-refractivity contribution in [3.05, 3.63) is 70.2 Å². The molecule has 174 valence electrons. The molecule has 1 aliphatic rings. The van der Waals surface area contributed by atoms with Gasteiger partial charge in [0.2, 0.25) is 0 Å². The Morgan fingerprint density at radius 1 is 1.09 bits per heavy atom. The average molecular weight is 472 g/mol. The van der Waals surface area contributed by atoms with Crippen LogP contribution in [0.15, 0.2) is 53.9 Å². The van der Waals surface area contributed by atoms with Crippen molar-refractivity contribution in [2.75, 3.05) is 18.4 Å². The molecule has 0 spiro atoms. The third-order valence-electron chi connectivity index (χ3n) is 6.11. The number of piperidine rings is 1. The summed E-state index contributed by atoms with van der Waals surface area (Å²) >= 11 is 1.52. The number of rotatable bonds is 5. The summed E-state index contributed by atoms with van der Waals surface area (Å²) in [5, 5.41) is 5.83. The Morgan fingerprint density at radius 3 is 2.53 bits per heavy atom. The van der Waals surface area contributed by atoms with Crippen LogP contribution in [0.3, 0.4) is 0 Å². The van der Waals surface area contributed by atoms with Crippen molar-refractivity contribution in [2.24, 2.45) is 0 Å². The van der Waals surface area contributed by atoms with Gasteiger partial charge in [0.05, 0.1) is 5.01 Å². The van der Waals surface area contributed by atoms with Gasteiger partial charge in [0.1, 0.15) is 5.69 Å². The molecule has 34 heavy (non-hydrogen) atoms. The van der Waals surface area contributed by atoms with E-state index >= 15 is 0 Å². The first-order chi connectivity index (χ1) is 16.6. The van der Waals surface area contributed by atoms with E-state index in [0.717, 1.165) is 41.1 Å². The zero-order valence-corrected chi connectivity index (χ0v) is 20.5. The minimum Gasteiger partial charge on any atom is -0.332 e. The van der Waals surface area contributed by atoms with Crippen LogP contribution in [0.5, 0.6) is 0 Å². The van der Waals surface area contributed by atoms with E-state index in [1.807, 2.05) is 41.5 Å². The van der Waals surface area contributed by atoms with Crippen molar-refractivity contribution in [2.45, 2.75) is 45.4 Å². The first kappa shape index (κ1) is 23.7. The third-order valence-corrected chi connectivity index (χ3v) is 7.11. The normalized spacial score (nSPS) is 13.8. The molecule has 0 unspecified atom stereocenters. The van der Waals surface area contributed by atoms with Crippen molar-refractivity contribution in [1.82, 2.24) is 9.88 Å². The number of aromatic nitrogens is 1. The highest BCUT2D eigenvalue weighted by Gasteiger charge is 2.26. The summed E-state index contributed by atoms with van der Waals surface area (Å²) < 4.78 is 0. The SMILES string of the molecule is CCC#CC(=O)N1CCC(c2nc(C(=O)Nc3ccccc3-c3ccc(CC)cc3)cs2)CC1. The number of aryl methyl sites for hydroxylation is 1. The maximum atomic E-state index is 13.0. The van der Waals surface area contributed by atoms with Gasteiger partial charge in [-0.3, -0.25) is 9.59 Å². The van der Waals surface area contributed by atoms with Crippen LogP contribution in [0.2, 0.25) is 0 Å². The quantitative estimate of drug-likeness (QED) is 0.483. The predicted molar refractivity (Wildman–Crippen MR) is 138 cm³/mol. The van der Waals surface area contributed by atoms with E-state index in [0.29, 0.717) is 25.2 Å². The molecule has 4 rings (SSSR count). The van der Waals surface area contributed by atoms with Crippen LogP contribution in [0.4, 0.5) is 5.69 Å². The highest BCUT2D eigenvalue weighted by Crippen LogP contribution is 2.32. The zero-order valence-electron chi connectivity index (χ0n) is 19.6. The number of amides is 2. The minimum atomic E-state index is -0.206. The van der Waals surface area contributed by atoms with E-state index < -0.39 is 0 Å². The fourth-order valence-corrected chi connectivity index (χ4v) is 5.07. The minimum absolute atomic E-state index is 0.0949. The number of hydrogen-bond donors (Lipinski definition) is 1. The number of nitrogens with one attached hydrogen (secondary N) is 1. The molecule has 0 bridgehead atoms. The summed E-state index contributed by atoms with van der Waals surface area (Å²) in [5.74, 6) is 5.50. The topological polar surface area (TPSA) is 62.3 Å². The Labute approximate surface area is 205 Å². The number of likely N-dealkylation sites (tertiary alicyclic amines) is 1. The fourth-order valence-electron chi connectivity index (χ4n) is 4.10. The van der Waals surface area contributed by atoms with Gasteiger partial charge in [0.15, 0.2) is 0 Å². The summed E-state index contributed by atoms with van der Waals surface area (Å²) in [6, 6.07) is 16.3. The molecule has 1 saturated heterocycles. The average Bonchev–Trinajstić information content (AvgIpc) is 3.38. The first-order valence-corrected chi connectivity index (χ1v) is 12.7. The van der Waals surface area contributed by atoms with Crippen LogP contribution in [-0.4, -0.2) is 34.8 Å². The standard InChI is InChI=1S/C28H29N3O2S/c1-3-5-10-26(32)31-17-15-22(16-18-31)28-30-25(19-34-28)27(33)29-24-9-7-6-8-23(24)21-13-11-20(4-2)12-14-21/h6-9,11-14,19,22H,3-4,15-18H2,1-2H3,(H,29,33). The largest absolute Gasteiger partial charge is 0.332 e. The molecule has 3 aromatic rings. The molecule has 2 aromatic carbocycles. The van der Waals surface area contributed by atoms with Crippen LogP contribution < -0.4 is 5.32 Å². The highest BCUT2D eigenvalue weighted by molar-refractivity contribution is 7.10. The lowest BCUT2D eigenvalue weighted by atomic mass is 9.97. The molecule has 1 fully saturated rings. The Morgan fingerprint density at radius 2 is 1.82 bits per heavy atom. The van der Waals surface area contributed by atoms with Gasteiger partial charge in [-0.25, -0.2) is 4.98 Å². The second-order valence-corrected chi connectivity index (χ2v) is 9.23. The maximum absolute atomic E-state index is 13.0. The first-order valence-electron chi connectivity index (χ1n) is 11.8. The molecular formula is C28H29N3O2S. The Balaban J connectivity index is 1.41. The smallest absolute Gasteiger partial charge is 0.298 e. The molecule has 2 heterocycles. The number of carbonyl (C=O) groups excluding carboxylic acids is 2. The monoisotopic (exact) mass is 471 g/mol. The van der Waals surface area contributed by atoms with Gasteiger partial charge in [-0.15, -0.1) is 11.3 Å². The lowest BCUT2D eigenvalue weighted by Gasteiger charge is -2.29. The van der Waals surface area contributed by atoms with Crippen LogP contribution in [0.1, 0.15) is 60.1 Å². The second-order valence-electron chi connectivity index (χ2n) is 8.34. The van der Waals surface area contributed by atoms with Crippen LogP contribution in [0.25, 0.3) is 11.1 Å². The number of carbonyl (C=O) groups is 2. The van der Waals surface area contributed by atoms with Gasteiger partial charge < -0.3 is 10.2 Å². The molecule has 1 aliphatic heterocycles. The molecular weight excluding hydrogens is 442 g/mol. The van der Waals surface area contributed by atoms with Gasteiger partial charge in [-0.1, -0.05) is 62.2 Å². The van der Waals surface area contributed by atoms with Crippen LogP contribution in [0, 0.1) is 11.8 Å². The lowest BCUT2D eigenvalue weighted by Crippen LogP contribution is -2.37. The van der Waals surface area contributed by atoms with Crippen molar-refractivity contribution in [3.8, 4) is 23.0 Å². The van der Waals surface area contributed by atoms with Crippen molar-refractivity contribution < 1.29 is 9.59 Å². The zero-order chi connectivity index (χ0) is 23.9. The lowest BCUT2D eigenvalue weighted by molar-refractivity contribution is -0.126. The van der Waals surface area contributed by atoms with E-state index in [1.54, 1.807) is 0 Å². The molecule has 0 radical (unpaired) electrons. The van der Waals surface area contributed by atoms with Gasteiger partial charge in [-0.05, 0) is 42.4 Å². The van der Waals surface area contributed by atoms with E-state index in [2.05, 4.69) is 53.3 Å². The number of anilines is 1. The molecule has 0 saturated carbocycles. The van der Waals surface area contributed by atoms with E-state index in [1.165, 1.54) is 16.9 Å². The molecule has 0 aliphatic carbocycles. The summed E-state index contributed by atoms with van der Waals surface area (Å²) in [4.78, 5) is 31.6. The van der Waals surface area contributed by atoms with Crippen molar-refractivity contribution in [3.63, 3.8) is 0 Å². The Bertz CT molecular complexity index is 1210. The molecule has 1 N–H and O–H groups in total. The molecule has 2 amide bonds. The van der Waals surface area contributed by atoms with Gasteiger partial charge in [0.25, 0.3) is 11.8 Å². The fraction of sp³-hybridized carbons (Fsp3) is 0.321. The second kappa shape index (κ2) is 11.1. The van der Waals surface area contributed by atoms with Crippen molar-refractivity contribution >= 4 is 28.8 Å². The predicted octanol–water partition coefficient (Wildman–Crippen LogP) is 5.74. The van der Waals surface area contributed by atoms with Gasteiger partial charge in [-0.2, -0.15) is 0 Å². The Hall–Kier alpha value is -3.43. The van der Waals surface area contributed by atoms with Crippen LogP contribution in [-0.2, 0) is 11.2 Å². The Kier molecular flexibility index (Phi) is 7.76. The van der Waals surface area contributed by atoms with Gasteiger partial charge in [0, 0.05) is 42.1 Å². The molecule has 5 nitrogen and oxygen atoms in total. The van der Waals surface area contributed by atoms with E-state index in [9.17, 15) is 9.59 Å². The van der Waals surface area contributed by atoms with Crippen molar-refractivity contribution in [1.29, 1.82) is 0 Å².